The standard InChI is InChI=1S/C4H9N3O3/c5-7-6-1-3(9)4(10)2-8/h3-4,8-10H,1-2H2. The van der Waals surface area contributed by atoms with Gasteiger partial charge in [-0.1, -0.05) is 5.11 Å². The van der Waals surface area contributed by atoms with Gasteiger partial charge < -0.3 is 15.3 Å². The zero-order valence-corrected chi connectivity index (χ0v) is 5.25. The number of rotatable bonds is 4. The number of aliphatic hydroxyl groups excluding tert-OH is 3. The van der Waals surface area contributed by atoms with E-state index in [9.17, 15) is 0 Å². The number of azide groups is 1. The number of hydrogen-bond donors (Lipinski definition) is 3. The first-order chi connectivity index (χ1) is 4.72. The summed E-state index contributed by atoms with van der Waals surface area (Å²) in [7, 11) is 0. The van der Waals surface area contributed by atoms with Crippen molar-refractivity contribution in [3.8, 4) is 0 Å². The van der Waals surface area contributed by atoms with Crippen LogP contribution in [0.4, 0.5) is 0 Å². The molecule has 0 aromatic carbocycles. The fourth-order valence-electron chi connectivity index (χ4n) is 0.364. The van der Waals surface area contributed by atoms with Crippen molar-refractivity contribution in [1.29, 1.82) is 0 Å². The lowest BCUT2D eigenvalue weighted by molar-refractivity contribution is -0.00888. The van der Waals surface area contributed by atoms with E-state index in [1.165, 1.54) is 0 Å². The van der Waals surface area contributed by atoms with Gasteiger partial charge in [-0.05, 0) is 5.53 Å². The van der Waals surface area contributed by atoms with Crippen molar-refractivity contribution in [2.45, 2.75) is 12.2 Å². The van der Waals surface area contributed by atoms with Gasteiger partial charge in [0.2, 0.25) is 0 Å². The summed E-state index contributed by atoms with van der Waals surface area (Å²) in [6.45, 7) is -0.764. The third-order valence-corrected chi connectivity index (χ3v) is 0.963. The van der Waals surface area contributed by atoms with E-state index in [-0.39, 0.29) is 6.54 Å². The maximum absolute atomic E-state index is 8.77. The zero-order valence-electron chi connectivity index (χ0n) is 5.25. The summed E-state index contributed by atoms with van der Waals surface area (Å²) in [6, 6.07) is 0. The van der Waals surface area contributed by atoms with Crippen LogP contribution in [0, 0.1) is 0 Å². The van der Waals surface area contributed by atoms with Crippen LogP contribution >= 0.6 is 0 Å². The minimum Gasteiger partial charge on any atom is -0.394 e. The van der Waals surface area contributed by atoms with E-state index in [1.54, 1.807) is 0 Å². The molecule has 0 saturated carbocycles. The Labute approximate surface area is 57.4 Å². The molecular formula is C4H9N3O3. The summed E-state index contributed by atoms with van der Waals surface area (Å²) in [6.07, 6.45) is -2.41. The smallest absolute Gasteiger partial charge is 0.103 e. The van der Waals surface area contributed by atoms with Crippen LogP contribution < -0.4 is 0 Å². The summed E-state index contributed by atoms with van der Waals surface area (Å²) in [5.41, 5.74) is 7.77. The van der Waals surface area contributed by atoms with E-state index >= 15 is 0 Å². The van der Waals surface area contributed by atoms with Crippen LogP contribution in [-0.4, -0.2) is 40.7 Å². The first kappa shape index (κ1) is 9.19. The van der Waals surface area contributed by atoms with Gasteiger partial charge in [-0.3, -0.25) is 0 Å². The quantitative estimate of drug-likeness (QED) is 0.270. The van der Waals surface area contributed by atoms with E-state index in [1.807, 2.05) is 0 Å². The molecule has 6 heteroatoms. The Morgan fingerprint density at radius 2 is 2.00 bits per heavy atom. The van der Waals surface area contributed by atoms with E-state index < -0.39 is 18.8 Å². The van der Waals surface area contributed by atoms with Crippen molar-refractivity contribution in [3.05, 3.63) is 10.4 Å². The molecule has 0 aromatic rings. The molecular weight excluding hydrogens is 138 g/mol. The predicted octanol–water partition coefficient (Wildman–Crippen LogP) is -0.989. The van der Waals surface area contributed by atoms with Gasteiger partial charge in [-0.25, -0.2) is 0 Å². The number of aliphatic hydroxyl groups is 3. The molecule has 0 rings (SSSR count). The second kappa shape index (κ2) is 5.01. The second-order valence-electron chi connectivity index (χ2n) is 1.73. The van der Waals surface area contributed by atoms with Crippen LogP contribution in [-0.2, 0) is 0 Å². The Kier molecular flexibility index (Phi) is 4.61. The van der Waals surface area contributed by atoms with Gasteiger partial charge in [0.1, 0.15) is 6.10 Å². The molecule has 0 fully saturated rings. The maximum Gasteiger partial charge on any atom is 0.103 e. The van der Waals surface area contributed by atoms with Gasteiger partial charge in [0.25, 0.3) is 0 Å². The molecule has 2 atom stereocenters. The van der Waals surface area contributed by atoms with Crippen LogP contribution in [0.1, 0.15) is 0 Å². The second-order valence-corrected chi connectivity index (χ2v) is 1.73. The van der Waals surface area contributed by atoms with Crippen molar-refractivity contribution in [2.75, 3.05) is 13.2 Å². The first-order valence-electron chi connectivity index (χ1n) is 2.70. The van der Waals surface area contributed by atoms with Crippen LogP contribution in [0.2, 0.25) is 0 Å². The lowest BCUT2D eigenvalue weighted by Crippen LogP contribution is -2.31. The van der Waals surface area contributed by atoms with Crippen molar-refractivity contribution in [3.63, 3.8) is 0 Å². The van der Waals surface area contributed by atoms with Crippen LogP contribution in [0.3, 0.4) is 0 Å². The lowest BCUT2D eigenvalue weighted by atomic mass is 10.2. The highest BCUT2D eigenvalue weighted by Gasteiger charge is 2.12. The highest BCUT2D eigenvalue weighted by atomic mass is 16.4. The molecule has 58 valence electrons. The maximum atomic E-state index is 8.77. The van der Waals surface area contributed by atoms with Crippen molar-refractivity contribution >= 4 is 0 Å². The molecule has 0 spiro atoms. The molecule has 6 nitrogen and oxygen atoms in total. The normalized spacial score (nSPS) is 15.5. The molecule has 0 saturated heterocycles. The average Bonchev–Trinajstić information content (AvgIpc) is 1.98. The van der Waals surface area contributed by atoms with E-state index in [4.69, 9.17) is 20.9 Å². The summed E-state index contributed by atoms with van der Waals surface area (Å²) in [5.74, 6) is 0. The Morgan fingerprint density at radius 1 is 1.40 bits per heavy atom. The van der Waals surface area contributed by atoms with Gasteiger partial charge in [0.05, 0.1) is 19.3 Å². The Balaban J connectivity index is 3.60. The van der Waals surface area contributed by atoms with Gasteiger partial charge in [-0.2, -0.15) is 0 Å². The minimum atomic E-state index is -1.23. The van der Waals surface area contributed by atoms with E-state index in [0.29, 0.717) is 0 Å². The molecule has 0 amide bonds. The third-order valence-electron chi connectivity index (χ3n) is 0.963. The minimum absolute atomic E-state index is 0.224. The summed E-state index contributed by atoms with van der Waals surface area (Å²) >= 11 is 0. The zero-order chi connectivity index (χ0) is 7.98. The molecule has 10 heavy (non-hydrogen) atoms. The number of nitrogens with zero attached hydrogens (tertiary/aromatic N) is 3. The molecule has 0 aliphatic carbocycles. The van der Waals surface area contributed by atoms with Crippen molar-refractivity contribution in [1.82, 2.24) is 0 Å². The van der Waals surface area contributed by atoms with Crippen LogP contribution in [0.25, 0.3) is 10.4 Å². The topological polar surface area (TPSA) is 109 Å². The summed E-state index contributed by atoms with van der Waals surface area (Å²) < 4.78 is 0. The Hall–Kier alpha value is -0.810. The predicted molar refractivity (Wildman–Crippen MR) is 33.1 cm³/mol. The first-order valence-corrected chi connectivity index (χ1v) is 2.70. The Bertz CT molecular complexity index is 134. The third kappa shape index (κ3) is 3.26. The molecule has 0 heterocycles. The van der Waals surface area contributed by atoms with Gasteiger partial charge >= 0.3 is 0 Å². The molecule has 0 aliphatic heterocycles. The lowest BCUT2D eigenvalue weighted by Gasteiger charge is -2.11. The molecule has 2 unspecified atom stereocenters. The van der Waals surface area contributed by atoms with Gasteiger partial charge in [0, 0.05) is 4.91 Å². The average molecular weight is 147 g/mol. The Morgan fingerprint density at radius 3 is 2.40 bits per heavy atom. The molecule has 0 aliphatic rings. The molecule has 0 bridgehead atoms. The molecule has 0 radical (unpaired) electrons. The summed E-state index contributed by atoms with van der Waals surface area (Å²) in [5, 5.41) is 28.7. The SMILES string of the molecule is [N-]=[N+]=NCC(O)C(O)CO. The van der Waals surface area contributed by atoms with Crippen molar-refractivity contribution in [2.24, 2.45) is 5.11 Å². The fraction of sp³-hybridized carbons (Fsp3) is 1.00. The monoisotopic (exact) mass is 147 g/mol. The molecule has 3 N–H and O–H groups in total. The van der Waals surface area contributed by atoms with Crippen LogP contribution in [0.15, 0.2) is 5.11 Å². The van der Waals surface area contributed by atoms with E-state index in [0.717, 1.165) is 0 Å². The van der Waals surface area contributed by atoms with Crippen molar-refractivity contribution < 1.29 is 15.3 Å². The van der Waals surface area contributed by atoms with Gasteiger partial charge in [-0.15, -0.1) is 0 Å². The van der Waals surface area contributed by atoms with Gasteiger partial charge in [0.15, 0.2) is 0 Å². The van der Waals surface area contributed by atoms with E-state index in [2.05, 4.69) is 10.0 Å². The summed E-state index contributed by atoms with van der Waals surface area (Å²) in [4.78, 5) is 2.36. The van der Waals surface area contributed by atoms with Crippen LogP contribution in [0.5, 0.6) is 0 Å². The molecule has 0 aromatic heterocycles. The highest BCUT2D eigenvalue weighted by molar-refractivity contribution is 4.68. The largest absolute Gasteiger partial charge is 0.394 e. The fourth-order valence-corrected chi connectivity index (χ4v) is 0.364. The number of hydrogen-bond acceptors (Lipinski definition) is 4. The highest BCUT2D eigenvalue weighted by Crippen LogP contribution is 1.92.